The van der Waals surface area contributed by atoms with Crippen molar-refractivity contribution in [3.05, 3.63) is 48.9 Å². The maximum atomic E-state index is 5.73. The van der Waals surface area contributed by atoms with Crippen molar-refractivity contribution in [1.82, 2.24) is 14.6 Å². The molecule has 2 heterocycles. The predicted molar refractivity (Wildman–Crippen MR) is 67.1 cm³/mol. The van der Waals surface area contributed by atoms with E-state index in [4.69, 9.17) is 5.73 Å². The molecule has 0 aliphatic rings. The molecule has 84 valence electrons. The highest BCUT2D eigenvalue weighted by Gasteiger charge is 2.03. The lowest BCUT2D eigenvalue weighted by molar-refractivity contribution is 0.948. The molecule has 2 aromatic heterocycles. The van der Waals surface area contributed by atoms with Gasteiger partial charge in [0.25, 0.3) is 0 Å². The van der Waals surface area contributed by atoms with Crippen LogP contribution in [0.2, 0.25) is 0 Å². The molecule has 0 aliphatic carbocycles. The minimum absolute atomic E-state index is 0.718. The minimum atomic E-state index is 0.718. The van der Waals surface area contributed by atoms with Crippen molar-refractivity contribution in [2.24, 2.45) is 0 Å². The number of rotatable bonds is 2. The van der Waals surface area contributed by atoms with Crippen molar-refractivity contribution >= 4 is 22.7 Å². The van der Waals surface area contributed by atoms with Gasteiger partial charge in [0.1, 0.15) is 5.52 Å². The Bertz CT molecular complexity index is 659. The predicted octanol–water partition coefficient (Wildman–Crippen LogP) is 2.06. The van der Waals surface area contributed by atoms with E-state index in [9.17, 15) is 0 Å². The summed E-state index contributed by atoms with van der Waals surface area (Å²) in [5.41, 5.74) is 8.28. The Morgan fingerprint density at radius 2 is 2.12 bits per heavy atom. The van der Waals surface area contributed by atoms with Crippen LogP contribution >= 0.6 is 0 Å². The molecule has 0 amide bonds. The molecule has 0 saturated carbocycles. The molecular weight excluding hydrogens is 214 g/mol. The number of anilines is 3. The van der Waals surface area contributed by atoms with E-state index in [1.54, 1.807) is 23.1 Å². The number of nitrogens with one attached hydrogen (secondary N) is 1. The van der Waals surface area contributed by atoms with Gasteiger partial charge in [0.15, 0.2) is 5.82 Å². The van der Waals surface area contributed by atoms with E-state index in [0.717, 1.165) is 22.7 Å². The third kappa shape index (κ3) is 1.78. The number of benzene rings is 1. The molecule has 3 rings (SSSR count). The average molecular weight is 225 g/mol. The quantitative estimate of drug-likeness (QED) is 0.655. The van der Waals surface area contributed by atoms with E-state index in [2.05, 4.69) is 15.4 Å². The molecule has 17 heavy (non-hydrogen) atoms. The fraction of sp³-hybridized carbons (Fsp3) is 0. The van der Waals surface area contributed by atoms with Gasteiger partial charge in [0.05, 0.1) is 6.20 Å². The molecule has 0 aliphatic heterocycles. The Morgan fingerprint density at radius 3 is 3.00 bits per heavy atom. The number of nitrogen functional groups attached to an aromatic ring is 1. The van der Waals surface area contributed by atoms with E-state index < -0.39 is 0 Å². The summed E-state index contributed by atoms with van der Waals surface area (Å²) in [7, 11) is 0. The zero-order valence-corrected chi connectivity index (χ0v) is 9.04. The van der Waals surface area contributed by atoms with E-state index in [1.807, 2.05) is 30.3 Å². The maximum Gasteiger partial charge on any atom is 0.156 e. The zero-order valence-electron chi connectivity index (χ0n) is 9.04. The number of hydrogen-bond acceptors (Lipinski definition) is 4. The number of hydrogen-bond donors (Lipinski definition) is 2. The Hall–Kier alpha value is -2.56. The fourth-order valence-corrected chi connectivity index (χ4v) is 1.71. The standard InChI is InChI=1S/C12H11N5/c13-9-2-1-3-10(8-9)16-12-11-4-5-15-17(11)7-6-14-12/h1-8H,13H2,(H,14,16). The van der Waals surface area contributed by atoms with Gasteiger partial charge in [-0.1, -0.05) is 6.07 Å². The Morgan fingerprint density at radius 1 is 1.18 bits per heavy atom. The fourth-order valence-electron chi connectivity index (χ4n) is 1.71. The van der Waals surface area contributed by atoms with Crippen LogP contribution in [0.15, 0.2) is 48.9 Å². The van der Waals surface area contributed by atoms with Gasteiger partial charge in [-0.2, -0.15) is 5.10 Å². The molecule has 3 aromatic rings. The highest BCUT2D eigenvalue weighted by atomic mass is 15.2. The van der Waals surface area contributed by atoms with Crippen LogP contribution in [0.25, 0.3) is 5.52 Å². The molecule has 0 bridgehead atoms. The van der Waals surface area contributed by atoms with Crippen LogP contribution in [0.5, 0.6) is 0 Å². The van der Waals surface area contributed by atoms with Gasteiger partial charge < -0.3 is 11.1 Å². The topological polar surface area (TPSA) is 68.2 Å². The lowest BCUT2D eigenvalue weighted by Gasteiger charge is -2.07. The van der Waals surface area contributed by atoms with Crippen LogP contribution in [0.4, 0.5) is 17.2 Å². The molecular formula is C12H11N5. The molecule has 0 spiro atoms. The lowest BCUT2D eigenvalue weighted by Crippen LogP contribution is -1.98. The Kier molecular flexibility index (Phi) is 2.15. The van der Waals surface area contributed by atoms with Gasteiger partial charge >= 0.3 is 0 Å². The van der Waals surface area contributed by atoms with Gasteiger partial charge in [-0.25, -0.2) is 9.50 Å². The van der Waals surface area contributed by atoms with Crippen LogP contribution in [-0.2, 0) is 0 Å². The van der Waals surface area contributed by atoms with Gasteiger partial charge in [-0.05, 0) is 24.3 Å². The molecule has 5 heteroatoms. The van der Waals surface area contributed by atoms with Gasteiger partial charge in [-0.15, -0.1) is 0 Å². The largest absolute Gasteiger partial charge is 0.399 e. The van der Waals surface area contributed by atoms with Crippen molar-refractivity contribution < 1.29 is 0 Å². The van der Waals surface area contributed by atoms with Crippen LogP contribution in [0, 0.1) is 0 Å². The Labute approximate surface area is 97.9 Å². The number of fused-ring (bicyclic) bond motifs is 1. The number of nitrogens with zero attached hydrogens (tertiary/aromatic N) is 3. The molecule has 0 atom stereocenters. The first-order valence-corrected chi connectivity index (χ1v) is 5.24. The van der Waals surface area contributed by atoms with E-state index in [-0.39, 0.29) is 0 Å². The summed E-state index contributed by atoms with van der Waals surface area (Å²) in [5.74, 6) is 0.760. The normalized spacial score (nSPS) is 10.6. The first-order chi connectivity index (χ1) is 8.33. The third-order valence-corrected chi connectivity index (χ3v) is 2.47. The Balaban J connectivity index is 2.02. The second-order valence-electron chi connectivity index (χ2n) is 3.69. The summed E-state index contributed by atoms with van der Waals surface area (Å²) in [6.45, 7) is 0. The van der Waals surface area contributed by atoms with Crippen molar-refractivity contribution in [3.8, 4) is 0 Å². The third-order valence-electron chi connectivity index (χ3n) is 2.47. The second kappa shape index (κ2) is 3.79. The molecule has 0 unspecified atom stereocenters. The maximum absolute atomic E-state index is 5.73. The number of aromatic nitrogens is 3. The van der Waals surface area contributed by atoms with Crippen LogP contribution < -0.4 is 11.1 Å². The van der Waals surface area contributed by atoms with Gasteiger partial charge in [-0.3, -0.25) is 0 Å². The molecule has 1 aromatic carbocycles. The SMILES string of the molecule is Nc1cccc(Nc2nccn3nccc23)c1. The van der Waals surface area contributed by atoms with Crippen molar-refractivity contribution in [1.29, 1.82) is 0 Å². The second-order valence-corrected chi connectivity index (χ2v) is 3.69. The average Bonchev–Trinajstić information content (AvgIpc) is 2.78. The summed E-state index contributed by atoms with van der Waals surface area (Å²) in [6.07, 6.45) is 5.25. The smallest absolute Gasteiger partial charge is 0.156 e. The minimum Gasteiger partial charge on any atom is -0.399 e. The summed E-state index contributed by atoms with van der Waals surface area (Å²) >= 11 is 0. The van der Waals surface area contributed by atoms with Crippen LogP contribution in [-0.4, -0.2) is 14.6 Å². The van der Waals surface area contributed by atoms with Crippen molar-refractivity contribution in [2.45, 2.75) is 0 Å². The molecule has 5 nitrogen and oxygen atoms in total. The summed E-state index contributed by atoms with van der Waals surface area (Å²) in [4.78, 5) is 4.29. The summed E-state index contributed by atoms with van der Waals surface area (Å²) < 4.78 is 1.77. The molecule has 0 radical (unpaired) electrons. The highest BCUT2D eigenvalue weighted by Crippen LogP contribution is 2.20. The van der Waals surface area contributed by atoms with Crippen molar-refractivity contribution in [2.75, 3.05) is 11.1 Å². The van der Waals surface area contributed by atoms with Gasteiger partial charge in [0, 0.05) is 23.8 Å². The van der Waals surface area contributed by atoms with Gasteiger partial charge in [0.2, 0.25) is 0 Å². The van der Waals surface area contributed by atoms with Crippen LogP contribution in [0.3, 0.4) is 0 Å². The monoisotopic (exact) mass is 225 g/mol. The lowest BCUT2D eigenvalue weighted by atomic mass is 10.3. The highest BCUT2D eigenvalue weighted by molar-refractivity contribution is 5.73. The first kappa shape index (κ1) is 9.65. The van der Waals surface area contributed by atoms with E-state index in [0.29, 0.717) is 0 Å². The number of nitrogens with two attached hydrogens (primary N) is 1. The van der Waals surface area contributed by atoms with Crippen molar-refractivity contribution in [3.63, 3.8) is 0 Å². The molecule has 3 N–H and O–H groups in total. The summed E-state index contributed by atoms with van der Waals surface area (Å²) in [5, 5.41) is 7.37. The first-order valence-electron chi connectivity index (χ1n) is 5.24. The van der Waals surface area contributed by atoms with E-state index in [1.165, 1.54) is 0 Å². The summed E-state index contributed by atoms with van der Waals surface area (Å²) in [6, 6.07) is 9.45. The zero-order chi connectivity index (χ0) is 11.7. The van der Waals surface area contributed by atoms with Crippen LogP contribution in [0.1, 0.15) is 0 Å². The molecule has 0 fully saturated rings. The molecule has 0 saturated heterocycles. The van der Waals surface area contributed by atoms with E-state index >= 15 is 0 Å².